The molecule has 0 spiro atoms. The van der Waals surface area contributed by atoms with Gasteiger partial charge < -0.3 is 4.74 Å². The third-order valence-corrected chi connectivity index (χ3v) is 5.98. The first-order valence-corrected chi connectivity index (χ1v) is 11.2. The average Bonchev–Trinajstić information content (AvgIpc) is 3.25. The number of benzene rings is 3. The van der Waals surface area contributed by atoms with Crippen LogP contribution in [-0.4, -0.2) is 11.2 Å². The predicted molar refractivity (Wildman–Crippen MR) is 131 cm³/mol. The van der Waals surface area contributed by atoms with Crippen LogP contribution in [-0.2, 0) is 6.61 Å². The second kappa shape index (κ2) is 9.96. The predicted octanol–water partition coefficient (Wildman–Crippen LogP) is 7.45. The van der Waals surface area contributed by atoms with Gasteiger partial charge in [0.05, 0.1) is 22.0 Å². The molecule has 156 valence electrons. The summed E-state index contributed by atoms with van der Waals surface area (Å²) in [4.78, 5) is 4.58. The van der Waals surface area contributed by atoms with Gasteiger partial charge in [-0.25, -0.2) is 4.98 Å². The first-order valence-electron chi connectivity index (χ1n) is 9.55. The molecule has 1 N–H and O–H groups in total. The van der Waals surface area contributed by atoms with Crippen molar-refractivity contribution >= 4 is 45.9 Å². The maximum absolute atomic E-state index is 6.04. The highest BCUT2D eigenvalue weighted by Crippen LogP contribution is 2.25. The van der Waals surface area contributed by atoms with E-state index in [9.17, 15) is 0 Å². The Bertz CT molecular complexity index is 1190. The van der Waals surface area contributed by atoms with E-state index >= 15 is 0 Å². The molecule has 7 heteroatoms. The molecule has 0 unspecified atom stereocenters. The van der Waals surface area contributed by atoms with Crippen molar-refractivity contribution in [2.75, 3.05) is 5.43 Å². The zero-order valence-corrected chi connectivity index (χ0v) is 19.0. The maximum atomic E-state index is 6.04. The number of hydrazone groups is 1. The number of rotatable bonds is 7. The molecule has 31 heavy (non-hydrogen) atoms. The highest BCUT2D eigenvalue weighted by atomic mass is 35.5. The Morgan fingerprint density at radius 2 is 1.77 bits per heavy atom. The van der Waals surface area contributed by atoms with Gasteiger partial charge in [0.2, 0.25) is 5.13 Å². The van der Waals surface area contributed by atoms with Crippen LogP contribution in [0.5, 0.6) is 5.75 Å². The Hall–Kier alpha value is -2.86. The lowest BCUT2D eigenvalue weighted by atomic mass is 10.1. The number of aromatic nitrogens is 1. The molecule has 0 saturated carbocycles. The smallest absolute Gasteiger partial charge is 0.203 e. The van der Waals surface area contributed by atoms with Gasteiger partial charge >= 0.3 is 0 Å². The second-order valence-corrected chi connectivity index (χ2v) is 8.55. The van der Waals surface area contributed by atoms with Crippen LogP contribution in [0, 0.1) is 6.92 Å². The van der Waals surface area contributed by atoms with Crippen LogP contribution in [0.4, 0.5) is 5.13 Å². The van der Waals surface area contributed by atoms with Crippen LogP contribution in [0.1, 0.15) is 16.7 Å². The summed E-state index contributed by atoms with van der Waals surface area (Å²) in [5.41, 5.74) is 8.15. The number of ether oxygens (including phenoxy) is 1. The van der Waals surface area contributed by atoms with Gasteiger partial charge in [0.15, 0.2) is 0 Å². The molecule has 1 aromatic heterocycles. The van der Waals surface area contributed by atoms with Gasteiger partial charge in [-0.2, -0.15) is 5.10 Å². The molecule has 0 aliphatic carbocycles. The molecule has 0 amide bonds. The van der Waals surface area contributed by atoms with Gasteiger partial charge in [-0.05, 0) is 54.4 Å². The number of hydrogen-bond acceptors (Lipinski definition) is 5. The van der Waals surface area contributed by atoms with Crippen molar-refractivity contribution in [2.24, 2.45) is 5.10 Å². The van der Waals surface area contributed by atoms with Crippen molar-refractivity contribution in [2.45, 2.75) is 13.5 Å². The molecule has 4 aromatic rings. The minimum absolute atomic E-state index is 0.416. The summed E-state index contributed by atoms with van der Waals surface area (Å²) < 4.78 is 5.80. The van der Waals surface area contributed by atoms with Crippen LogP contribution in [0.25, 0.3) is 11.3 Å². The Kier molecular flexibility index (Phi) is 6.87. The van der Waals surface area contributed by atoms with E-state index in [1.165, 1.54) is 16.9 Å². The highest BCUT2D eigenvalue weighted by Gasteiger charge is 2.04. The van der Waals surface area contributed by atoms with Crippen molar-refractivity contribution < 1.29 is 4.74 Å². The number of nitrogens with one attached hydrogen (secondary N) is 1. The molecule has 3 aromatic carbocycles. The van der Waals surface area contributed by atoms with Crippen LogP contribution in [0.2, 0.25) is 10.0 Å². The van der Waals surface area contributed by atoms with Crippen molar-refractivity contribution in [1.82, 2.24) is 4.98 Å². The Labute approximate surface area is 195 Å². The molecule has 0 atom stereocenters. The summed E-state index contributed by atoms with van der Waals surface area (Å²) in [6.07, 6.45) is 1.75. The van der Waals surface area contributed by atoms with E-state index in [0.29, 0.717) is 16.7 Å². The summed E-state index contributed by atoms with van der Waals surface area (Å²) in [5.74, 6) is 0.763. The van der Waals surface area contributed by atoms with E-state index in [-0.39, 0.29) is 0 Å². The van der Waals surface area contributed by atoms with Gasteiger partial charge in [0.1, 0.15) is 12.4 Å². The second-order valence-electron chi connectivity index (χ2n) is 6.88. The molecule has 0 aliphatic rings. The van der Waals surface area contributed by atoms with Crippen molar-refractivity contribution in [1.29, 1.82) is 0 Å². The summed E-state index contributed by atoms with van der Waals surface area (Å²) in [6.45, 7) is 2.49. The number of thiazole rings is 1. The fourth-order valence-corrected chi connectivity index (χ4v) is 3.78. The minimum Gasteiger partial charge on any atom is -0.489 e. The fraction of sp³-hybridized carbons (Fsp3) is 0.0833. The van der Waals surface area contributed by atoms with Gasteiger partial charge in [0, 0.05) is 10.9 Å². The summed E-state index contributed by atoms with van der Waals surface area (Å²) in [7, 11) is 0. The Morgan fingerprint density at radius 1 is 1.00 bits per heavy atom. The highest BCUT2D eigenvalue weighted by molar-refractivity contribution is 7.14. The lowest BCUT2D eigenvalue weighted by Gasteiger charge is -2.07. The molecule has 1 heterocycles. The van der Waals surface area contributed by atoms with Gasteiger partial charge in [-0.15, -0.1) is 11.3 Å². The van der Waals surface area contributed by atoms with E-state index in [1.54, 1.807) is 18.3 Å². The van der Waals surface area contributed by atoms with E-state index in [0.717, 1.165) is 33.3 Å². The third kappa shape index (κ3) is 5.85. The van der Waals surface area contributed by atoms with Crippen LogP contribution in [0.15, 0.2) is 77.2 Å². The van der Waals surface area contributed by atoms with Gasteiger partial charge in [0.25, 0.3) is 0 Å². The zero-order valence-electron chi connectivity index (χ0n) is 16.7. The quantitative estimate of drug-likeness (QED) is 0.226. The SMILES string of the molecule is Cc1ccc(-c2csc(NN=Cc3ccc(OCc4ccc(Cl)c(Cl)c4)cc3)n2)cc1. The van der Waals surface area contributed by atoms with Crippen molar-refractivity contribution in [3.63, 3.8) is 0 Å². The summed E-state index contributed by atoms with van der Waals surface area (Å²) in [5, 5.41) is 8.09. The van der Waals surface area contributed by atoms with Crippen LogP contribution < -0.4 is 10.2 Å². The topological polar surface area (TPSA) is 46.5 Å². The lowest BCUT2D eigenvalue weighted by Crippen LogP contribution is -1.96. The average molecular weight is 468 g/mol. The number of anilines is 1. The standard InChI is InChI=1S/C24H19Cl2N3OS/c1-16-2-7-19(8-3-16)23-15-31-24(28-23)29-27-13-17-4-9-20(10-5-17)30-14-18-6-11-21(25)22(26)12-18/h2-13,15H,14H2,1H3,(H,28,29). The normalized spacial score (nSPS) is 11.1. The fourth-order valence-electron chi connectivity index (χ4n) is 2.79. The number of halogens is 2. The molecule has 0 saturated heterocycles. The van der Waals surface area contributed by atoms with E-state index in [4.69, 9.17) is 27.9 Å². The molecule has 4 rings (SSSR count). The van der Waals surface area contributed by atoms with Crippen molar-refractivity contribution in [3.8, 4) is 17.0 Å². The molecule has 0 bridgehead atoms. The molecule has 0 radical (unpaired) electrons. The first-order chi connectivity index (χ1) is 15.1. The lowest BCUT2D eigenvalue weighted by molar-refractivity contribution is 0.306. The maximum Gasteiger partial charge on any atom is 0.203 e. The van der Waals surface area contributed by atoms with Crippen LogP contribution >= 0.6 is 34.5 Å². The third-order valence-electron chi connectivity index (χ3n) is 4.49. The van der Waals surface area contributed by atoms with Crippen molar-refractivity contribution in [3.05, 3.63) is 98.8 Å². The van der Waals surface area contributed by atoms with Gasteiger partial charge in [-0.3, -0.25) is 5.43 Å². The monoisotopic (exact) mass is 467 g/mol. The summed E-state index contributed by atoms with van der Waals surface area (Å²) in [6, 6.07) is 21.4. The molecule has 4 nitrogen and oxygen atoms in total. The largest absolute Gasteiger partial charge is 0.489 e. The molecule has 0 fully saturated rings. The Balaban J connectivity index is 1.30. The molecular formula is C24H19Cl2N3OS. The molecular weight excluding hydrogens is 449 g/mol. The Morgan fingerprint density at radius 3 is 2.52 bits per heavy atom. The molecule has 0 aliphatic heterocycles. The van der Waals surface area contributed by atoms with E-state index < -0.39 is 0 Å². The summed E-state index contributed by atoms with van der Waals surface area (Å²) >= 11 is 13.5. The van der Waals surface area contributed by atoms with E-state index in [2.05, 4.69) is 46.7 Å². The number of aryl methyl sites for hydroxylation is 1. The van der Waals surface area contributed by atoms with E-state index in [1.807, 2.05) is 35.7 Å². The number of hydrogen-bond donors (Lipinski definition) is 1. The minimum atomic E-state index is 0.416. The number of nitrogens with zero attached hydrogens (tertiary/aromatic N) is 2. The zero-order chi connectivity index (χ0) is 21.6. The first kappa shape index (κ1) is 21.4. The van der Waals surface area contributed by atoms with Crippen LogP contribution in [0.3, 0.4) is 0 Å². The van der Waals surface area contributed by atoms with Gasteiger partial charge in [-0.1, -0.05) is 59.1 Å².